The quantitative estimate of drug-likeness (QED) is 0.411. The van der Waals surface area contributed by atoms with Gasteiger partial charge in [-0.3, -0.25) is 0 Å². The van der Waals surface area contributed by atoms with Crippen LogP contribution in [0.1, 0.15) is 38.8 Å². The van der Waals surface area contributed by atoms with Gasteiger partial charge in [-0.15, -0.1) is 0 Å². The van der Waals surface area contributed by atoms with Crippen LogP contribution in [0.3, 0.4) is 0 Å². The predicted molar refractivity (Wildman–Crippen MR) is 100 cm³/mol. The van der Waals surface area contributed by atoms with E-state index in [1.54, 1.807) is 0 Å². The van der Waals surface area contributed by atoms with E-state index in [2.05, 4.69) is 88.4 Å². The molecule has 0 aliphatic carbocycles. The van der Waals surface area contributed by atoms with Gasteiger partial charge in [0.1, 0.15) is 0 Å². The molecule has 0 heterocycles. The fourth-order valence-electron chi connectivity index (χ4n) is 3.19. The van der Waals surface area contributed by atoms with Crippen molar-refractivity contribution < 1.29 is 0 Å². The molecule has 0 aliphatic rings. The molecule has 0 spiro atoms. The van der Waals surface area contributed by atoms with Crippen LogP contribution in [-0.2, 0) is 10.8 Å². The Balaban J connectivity index is 2.05. The van der Waals surface area contributed by atoms with E-state index in [0.717, 1.165) is 0 Å². The molecular weight excluding hydrogens is 480 g/mol. The third kappa shape index (κ3) is 4.82. The second kappa shape index (κ2) is 7.48. The van der Waals surface area contributed by atoms with Crippen LogP contribution in [-0.4, -0.2) is 21.5 Å². The molecule has 0 saturated heterocycles. The second-order valence-corrected chi connectivity index (χ2v) is 20.7. The maximum absolute atomic E-state index is 6.97. The molecule has 0 radical (unpaired) electrons. The second-order valence-electron chi connectivity index (χ2n) is 7.51. The summed E-state index contributed by atoms with van der Waals surface area (Å²) in [6.07, 6.45) is 0. The maximum atomic E-state index is 6.97. The molecule has 0 amide bonds. The molecule has 2 rings (SSSR count). The Kier molecular flexibility index (Phi) is 6.12. The Morgan fingerprint density at radius 3 is 1.32 bits per heavy atom. The number of halogens is 1. The molecule has 0 aliphatic heterocycles. The number of hydrogen-bond donors (Lipinski definition) is 0. The van der Waals surface area contributed by atoms with Crippen molar-refractivity contribution in [3.8, 4) is 0 Å². The summed E-state index contributed by atoms with van der Waals surface area (Å²) in [5.74, 6) is 0. The predicted octanol–water partition coefficient (Wildman–Crippen LogP) is 6.17. The van der Waals surface area contributed by atoms with Crippen molar-refractivity contribution in [2.75, 3.05) is 0 Å². The van der Waals surface area contributed by atoms with Gasteiger partial charge in [-0.2, -0.15) is 0 Å². The van der Waals surface area contributed by atoms with Gasteiger partial charge in [-0.25, -0.2) is 0 Å². The topological polar surface area (TPSA) is 0 Å². The molecule has 116 valence electrons. The van der Waals surface area contributed by atoms with Crippen LogP contribution in [0.2, 0.25) is 7.96 Å². The van der Waals surface area contributed by atoms with Gasteiger partial charge in [-0.1, -0.05) is 0 Å². The summed E-state index contributed by atoms with van der Waals surface area (Å²) < 4.78 is 2.41. The molecule has 0 atom stereocenters. The minimum absolute atomic E-state index is 0.196. The summed E-state index contributed by atoms with van der Waals surface area (Å²) in [6, 6.07) is 21.6. The van der Waals surface area contributed by atoms with Crippen LogP contribution in [0.4, 0.5) is 0 Å². The molecule has 2 heteroatoms. The van der Waals surface area contributed by atoms with Gasteiger partial charge >= 0.3 is 148 Å². The van der Waals surface area contributed by atoms with Crippen molar-refractivity contribution in [2.24, 2.45) is 0 Å². The van der Waals surface area contributed by atoms with Gasteiger partial charge in [0.15, 0.2) is 0 Å². The molecule has 0 bridgehead atoms. The van der Waals surface area contributed by atoms with Crippen LogP contribution in [0, 0.1) is 0 Å². The van der Waals surface area contributed by atoms with E-state index < -0.39 is 21.5 Å². The van der Waals surface area contributed by atoms with E-state index in [9.17, 15) is 0 Å². The van der Waals surface area contributed by atoms with Gasteiger partial charge in [0.25, 0.3) is 0 Å². The Labute approximate surface area is 147 Å². The Morgan fingerprint density at radius 2 is 1.00 bits per heavy atom. The molecule has 2 aromatic carbocycles. The van der Waals surface area contributed by atoms with Crippen LogP contribution >= 0.6 is 8.32 Å². The fraction of sp³-hybridized carbons (Fsp3) is 0.400. The molecule has 0 saturated carbocycles. The zero-order valence-electron chi connectivity index (χ0n) is 14.1. The van der Waals surface area contributed by atoms with E-state index in [1.807, 2.05) is 0 Å². The average molecular weight is 506 g/mol. The SMILES string of the molecule is CC(C)([CH2][Tl]([Cl])[CH2]C(C)(C)c1ccccc1)c1ccccc1. The van der Waals surface area contributed by atoms with Crippen molar-refractivity contribution in [1.29, 1.82) is 0 Å². The van der Waals surface area contributed by atoms with Crippen molar-refractivity contribution >= 4 is 29.8 Å². The van der Waals surface area contributed by atoms with Crippen molar-refractivity contribution in [3.63, 3.8) is 0 Å². The summed E-state index contributed by atoms with van der Waals surface area (Å²) in [7, 11) is 6.97. The summed E-state index contributed by atoms with van der Waals surface area (Å²) in [6.45, 7) is 9.36. The summed E-state index contributed by atoms with van der Waals surface area (Å²) in [4.78, 5) is 0. The molecule has 0 N–H and O–H groups in total. The van der Waals surface area contributed by atoms with Crippen molar-refractivity contribution in [3.05, 3.63) is 71.8 Å². The molecule has 0 aromatic heterocycles. The third-order valence-corrected chi connectivity index (χ3v) is 18.7. The zero-order valence-corrected chi connectivity index (χ0v) is 19.4. The Morgan fingerprint density at radius 1 is 0.682 bits per heavy atom. The van der Waals surface area contributed by atoms with E-state index in [4.69, 9.17) is 8.32 Å². The summed E-state index contributed by atoms with van der Waals surface area (Å²) >= 11 is -2.21. The van der Waals surface area contributed by atoms with Gasteiger partial charge in [0.2, 0.25) is 0 Å². The fourth-order valence-corrected chi connectivity index (χ4v) is 21.0. The third-order valence-electron chi connectivity index (χ3n) is 4.57. The molecule has 0 nitrogen and oxygen atoms in total. The average Bonchev–Trinajstić information content (AvgIpc) is 2.48. The van der Waals surface area contributed by atoms with Gasteiger partial charge in [0, 0.05) is 0 Å². The van der Waals surface area contributed by atoms with E-state index in [0.29, 0.717) is 0 Å². The van der Waals surface area contributed by atoms with E-state index in [1.165, 1.54) is 19.1 Å². The molecule has 2 aromatic rings. The first-order valence-corrected chi connectivity index (χ1v) is 19.9. The van der Waals surface area contributed by atoms with Crippen LogP contribution in [0.5, 0.6) is 0 Å². The monoisotopic (exact) mass is 506 g/mol. The normalized spacial score (nSPS) is 12.2. The Bertz CT molecular complexity index is 522. The van der Waals surface area contributed by atoms with Crippen LogP contribution < -0.4 is 0 Å². The van der Waals surface area contributed by atoms with Crippen molar-refractivity contribution in [1.82, 2.24) is 0 Å². The first-order chi connectivity index (χ1) is 10.3. The number of rotatable bonds is 6. The van der Waals surface area contributed by atoms with Gasteiger partial charge in [-0.05, 0) is 0 Å². The zero-order chi connectivity index (χ0) is 16.2. The molecule has 0 fully saturated rings. The summed E-state index contributed by atoms with van der Waals surface area (Å²) in [5, 5.41) is 0. The van der Waals surface area contributed by atoms with Gasteiger partial charge in [0.05, 0.1) is 0 Å². The molecule has 22 heavy (non-hydrogen) atoms. The van der Waals surface area contributed by atoms with Crippen molar-refractivity contribution in [2.45, 2.75) is 46.5 Å². The minimum atomic E-state index is -2.21. The van der Waals surface area contributed by atoms with Crippen LogP contribution in [0.15, 0.2) is 60.7 Å². The summed E-state index contributed by atoms with van der Waals surface area (Å²) in [5.41, 5.74) is 3.22. The number of hydrogen-bond acceptors (Lipinski definition) is 0. The van der Waals surface area contributed by atoms with Crippen LogP contribution in [0.25, 0.3) is 0 Å². The first-order valence-electron chi connectivity index (χ1n) is 8.06. The standard InChI is InChI=1S/2C10H13.ClH.Tl/c2*1-10(2,3)9-7-5-4-6-8-9;;/h2*4-8H,1H2,2-3H3;1H;/q;;;+1/p-1. The number of benzene rings is 2. The van der Waals surface area contributed by atoms with E-state index in [-0.39, 0.29) is 10.8 Å². The Hall–Kier alpha value is -0.348. The molecular formula is C20H26ClTl. The van der Waals surface area contributed by atoms with Gasteiger partial charge < -0.3 is 0 Å². The van der Waals surface area contributed by atoms with E-state index >= 15 is 0 Å². The molecule has 0 unspecified atom stereocenters. The first kappa shape index (κ1) is 18.0.